The normalized spacial score (nSPS) is 19.1. The quantitative estimate of drug-likeness (QED) is 0.647. The maximum Gasteiger partial charge on any atom is 0.0894 e. The molecule has 1 aliphatic carbocycles. The topological polar surface area (TPSA) is 25.8 Å². The Morgan fingerprint density at radius 1 is 1.13 bits per heavy atom. The Morgan fingerprint density at radius 2 is 1.87 bits per heavy atom. The lowest BCUT2D eigenvalue weighted by Gasteiger charge is -2.14. The Labute approximate surface area is 88.7 Å². The highest BCUT2D eigenvalue weighted by molar-refractivity contribution is 5.76. The van der Waals surface area contributed by atoms with Gasteiger partial charge in [0.1, 0.15) is 0 Å². The zero-order valence-corrected chi connectivity index (χ0v) is 8.64. The van der Waals surface area contributed by atoms with Gasteiger partial charge in [0.25, 0.3) is 0 Å². The van der Waals surface area contributed by atoms with Crippen LogP contribution in [0.2, 0.25) is 0 Å². The molecule has 74 valence electrons. The maximum absolute atomic E-state index is 4.65. The zero-order chi connectivity index (χ0) is 10.3. The Kier molecular flexibility index (Phi) is 1.81. The summed E-state index contributed by atoms with van der Waals surface area (Å²) >= 11 is 0. The highest BCUT2D eigenvalue weighted by Gasteiger charge is 2.13. The third kappa shape index (κ3) is 1.42. The molecule has 0 aliphatic heterocycles. The summed E-state index contributed by atoms with van der Waals surface area (Å²) in [7, 11) is 0. The monoisotopic (exact) mass is 196 g/mol. The summed E-state index contributed by atoms with van der Waals surface area (Å²) in [6.07, 6.45) is 5.29. The summed E-state index contributed by atoms with van der Waals surface area (Å²) < 4.78 is 0. The van der Waals surface area contributed by atoms with Crippen LogP contribution in [0.15, 0.2) is 30.3 Å². The maximum atomic E-state index is 4.65. The molecule has 1 unspecified atom stereocenters. The van der Waals surface area contributed by atoms with E-state index in [1.54, 1.807) is 0 Å². The molecule has 2 nitrogen and oxygen atoms in total. The van der Waals surface area contributed by atoms with Crippen molar-refractivity contribution in [2.24, 2.45) is 5.92 Å². The van der Waals surface area contributed by atoms with E-state index in [2.05, 4.69) is 29.0 Å². The van der Waals surface area contributed by atoms with Crippen LogP contribution >= 0.6 is 0 Å². The number of fused-ring (bicyclic) bond motifs is 2. The van der Waals surface area contributed by atoms with Crippen molar-refractivity contribution in [3.05, 3.63) is 41.7 Å². The highest BCUT2D eigenvalue weighted by atomic mass is 14.8. The second kappa shape index (κ2) is 3.16. The average Bonchev–Trinajstić information content (AvgIpc) is 2.26. The molecule has 1 aromatic carbocycles. The first-order valence-electron chi connectivity index (χ1n) is 5.27. The average molecular weight is 196 g/mol. The molecule has 1 aromatic heterocycles. The Balaban J connectivity index is 2.26. The smallest absolute Gasteiger partial charge is 0.0894 e. The molecule has 1 heterocycles. The van der Waals surface area contributed by atoms with Gasteiger partial charge in [0.15, 0.2) is 0 Å². The fraction of sp³-hybridized carbons (Fsp3) is 0.231. The van der Waals surface area contributed by atoms with E-state index in [0.29, 0.717) is 5.92 Å². The van der Waals surface area contributed by atoms with E-state index >= 15 is 0 Å². The van der Waals surface area contributed by atoms with Gasteiger partial charge < -0.3 is 0 Å². The largest absolute Gasteiger partial charge is 0.249 e. The Morgan fingerprint density at radius 3 is 2.67 bits per heavy atom. The Hall–Kier alpha value is -1.70. The molecular formula is C13H12N2. The summed E-state index contributed by atoms with van der Waals surface area (Å²) in [5, 5.41) is 0. The lowest BCUT2D eigenvalue weighted by atomic mass is 9.98. The number of rotatable bonds is 0. The molecule has 2 heteroatoms. The minimum atomic E-state index is 0.577. The highest BCUT2D eigenvalue weighted by Crippen LogP contribution is 2.21. The van der Waals surface area contributed by atoms with Crippen LogP contribution in [0.1, 0.15) is 18.3 Å². The van der Waals surface area contributed by atoms with Crippen molar-refractivity contribution in [3.63, 3.8) is 0 Å². The first kappa shape index (κ1) is 8.60. The molecule has 0 radical (unpaired) electrons. The van der Waals surface area contributed by atoms with E-state index in [1.165, 1.54) is 0 Å². The van der Waals surface area contributed by atoms with Crippen molar-refractivity contribution in [1.29, 1.82) is 0 Å². The van der Waals surface area contributed by atoms with E-state index in [9.17, 15) is 0 Å². The summed E-state index contributed by atoms with van der Waals surface area (Å²) in [6, 6.07) is 8.03. The predicted molar refractivity (Wildman–Crippen MR) is 61.4 cm³/mol. The van der Waals surface area contributed by atoms with Gasteiger partial charge >= 0.3 is 0 Å². The standard InChI is InChI=1S/C13H12N2/c1-9-6-7-12-13(8-9)15-11-5-3-2-4-10(11)14-12/h2-7,9H,8H2,1H3. The molecule has 0 fully saturated rings. The zero-order valence-electron chi connectivity index (χ0n) is 8.64. The molecule has 0 N–H and O–H groups in total. The SMILES string of the molecule is CC1C=Cc2nc3ccccc3nc2C1. The van der Waals surface area contributed by atoms with Crippen molar-refractivity contribution in [2.75, 3.05) is 0 Å². The molecule has 1 aliphatic rings. The van der Waals surface area contributed by atoms with Crippen LogP contribution < -0.4 is 0 Å². The van der Waals surface area contributed by atoms with Crippen LogP contribution in [-0.4, -0.2) is 9.97 Å². The number of aromatic nitrogens is 2. The van der Waals surface area contributed by atoms with Crippen molar-refractivity contribution in [3.8, 4) is 0 Å². The van der Waals surface area contributed by atoms with Gasteiger partial charge in [-0.25, -0.2) is 9.97 Å². The van der Waals surface area contributed by atoms with Gasteiger partial charge in [-0.3, -0.25) is 0 Å². The fourth-order valence-corrected chi connectivity index (χ4v) is 1.96. The number of nitrogens with zero attached hydrogens (tertiary/aromatic N) is 2. The van der Waals surface area contributed by atoms with Crippen LogP contribution in [0.4, 0.5) is 0 Å². The van der Waals surface area contributed by atoms with Gasteiger partial charge in [-0.1, -0.05) is 25.1 Å². The predicted octanol–water partition coefficient (Wildman–Crippen LogP) is 2.84. The third-order valence-electron chi connectivity index (χ3n) is 2.77. The van der Waals surface area contributed by atoms with Crippen LogP contribution in [-0.2, 0) is 6.42 Å². The summed E-state index contributed by atoms with van der Waals surface area (Å²) in [4.78, 5) is 9.25. The van der Waals surface area contributed by atoms with Gasteiger partial charge in [-0.2, -0.15) is 0 Å². The van der Waals surface area contributed by atoms with Crippen molar-refractivity contribution < 1.29 is 0 Å². The van der Waals surface area contributed by atoms with Crippen molar-refractivity contribution in [2.45, 2.75) is 13.3 Å². The lowest BCUT2D eigenvalue weighted by Crippen LogP contribution is -2.07. The molecule has 2 aromatic rings. The van der Waals surface area contributed by atoms with E-state index in [4.69, 9.17) is 0 Å². The molecule has 0 amide bonds. The van der Waals surface area contributed by atoms with Crippen molar-refractivity contribution in [1.82, 2.24) is 9.97 Å². The summed E-state index contributed by atoms with van der Waals surface area (Å²) in [5.74, 6) is 0.577. The Bertz CT molecular complexity index is 543. The molecule has 0 spiro atoms. The second-order valence-electron chi connectivity index (χ2n) is 4.08. The molecule has 0 bridgehead atoms. The van der Waals surface area contributed by atoms with E-state index < -0.39 is 0 Å². The third-order valence-corrected chi connectivity index (χ3v) is 2.77. The van der Waals surface area contributed by atoms with Crippen LogP contribution in [0.25, 0.3) is 17.1 Å². The van der Waals surface area contributed by atoms with Crippen LogP contribution in [0.5, 0.6) is 0 Å². The fourth-order valence-electron chi connectivity index (χ4n) is 1.96. The molecule has 0 saturated carbocycles. The molecule has 1 atom stereocenters. The van der Waals surface area contributed by atoms with Crippen LogP contribution in [0, 0.1) is 5.92 Å². The van der Waals surface area contributed by atoms with Gasteiger partial charge in [-0.05, 0) is 30.5 Å². The second-order valence-corrected chi connectivity index (χ2v) is 4.08. The summed E-state index contributed by atoms with van der Waals surface area (Å²) in [6.45, 7) is 2.20. The van der Waals surface area contributed by atoms with Gasteiger partial charge in [0, 0.05) is 0 Å². The molecule has 15 heavy (non-hydrogen) atoms. The first-order chi connectivity index (χ1) is 7.33. The number of para-hydroxylation sites is 2. The first-order valence-corrected chi connectivity index (χ1v) is 5.27. The van der Waals surface area contributed by atoms with Gasteiger partial charge in [0.2, 0.25) is 0 Å². The van der Waals surface area contributed by atoms with Gasteiger partial charge in [0.05, 0.1) is 22.4 Å². The van der Waals surface area contributed by atoms with Crippen LogP contribution in [0.3, 0.4) is 0 Å². The van der Waals surface area contributed by atoms with E-state index in [-0.39, 0.29) is 0 Å². The molecular weight excluding hydrogens is 184 g/mol. The molecule has 3 rings (SSSR count). The number of benzene rings is 1. The van der Waals surface area contributed by atoms with E-state index in [0.717, 1.165) is 28.8 Å². The lowest BCUT2D eigenvalue weighted by molar-refractivity contribution is 0.697. The number of hydrogen-bond donors (Lipinski definition) is 0. The van der Waals surface area contributed by atoms with Crippen molar-refractivity contribution >= 4 is 17.1 Å². The minimum absolute atomic E-state index is 0.577. The number of hydrogen-bond acceptors (Lipinski definition) is 2. The molecule has 0 saturated heterocycles. The number of allylic oxidation sites excluding steroid dienone is 1. The minimum Gasteiger partial charge on any atom is -0.249 e. The van der Waals surface area contributed by atoms with E-state index in [1.807, 2.05) is 24.3 Å². The summed E-state index contributed by atoms with van der Waals surface area (Å²) in [5.41, 5.74) is 4.14. The van der Waals surface area contributed by atoms with Gasteiger partial charge in [-0.15, -0.1) is 0 Å².